The average Bonchev–Trinajstić information content (AvgIpc) is 2.61. The fourth-order valence-corrected chi connectivity index (χ4v) is 3.14. The molecule has 2 heteroatoms. The van der Waals surface area contributed by atoms with E-state index in [1.165, 1.54) is 16.7 Å². The molecule has 0 aromatic heterocycles. The Morgan fingerprint density at radius 3 is 2.20 bits per heavy atom. The first-order valence-corrected chi connectivity index (χ1v) is 8.43. The fraction of sp³-hybridized carbons (Fsp3) is 0.174. The van der Waals surface area contributed by atoms with E-state index >= 15 is 0 Å². The van der Waals surface area contributed by atoms with Crippen LogP contribution in [0.3, 0.4) is 0 Å². The number of hydrogen-bond donors (Lipinski definition) is 0. The van der Waals surface area contributed by atoms with Crippen molar-refractivity contribution in [3.8, 4) is 16.9 Å². The minimum absolute atomic E-state index is 0.506. The molecule has 3 aromatic rings. The van der Waals surface area contributed by atoms with Crippen LogP contribution in [0, 0.1) is 20.8 Å². The van der Waals surface area contributed by atoms with Gasteiger partial charge in [0.05, 0.1) is 0 Å². The van der Waals surface area contributed by atoms with E-state index in [0.717, 1.165) is 34.3 Å². The Labute approximate surface area is 149 Å². The first-order valence-electron chi connectivity index (χ1n) is 8.43. The minimum Gasteiger partial charge on any atom is -0.489 e. The summed E-state index contributed by atoms with van der Waals surface area (Å²) in [5.41, 5.74) is 7.46. The Bertz CT molecular complexity index is 872. The first kappa shape index (κ1) is 17.0. The van der Waals surface area contributed by atoms with E-state index in [2.05, 4.69) is 49.4 Å². The second-order valence-corrected chi connectivity index (χ2v) is 6.33. The summed E-state index contributed by atoms with van der Waals surface area (Å²) in [6, 6.07) is 20.5. The van der Waals surface area contributed by atoms with Crippen molar-refractivity contribution in [1.29, 1.82) is 0 Å². The maximum Gasteiger partial charge on any atom is 0.150 e. The molecule has 0 radical (unpaired) electrons. The van der Waals surface area contributed by atoms with Crippen molar-refractivity contribution >= 4 is 6.29 Å². The highest BCUT2D eigenvalue weighted by Gasteiger charge is 2.08. The summed E-state index contributed by atoms with van der Waals surface area (Å²) in [4.78, 5) is 11.1. The Hall–Kier alpha value is -2.87. The lowest BCUT2D eigenvalue weighted by Crippen LogP contribution is -2.01. The van der Waals surface area contributed by atoms with Crippen molar-refractivity contribution < 1.29 is 9.53 Å². The van der Waals surface area contributed by atoms with Crippen molar-refractivity contribution in [3.63, 3.8) is 0 Å². The first-order chi connectivity index (χ1) is 12.1. The van der Waals surface area contributed by atoms with Crippen LogP contribution in [-0.2, 0) is 6.61 Å². The topological polar surface area (TPSA) is 26.3 Å². The molecule has 3 aromatic carbocycles. The van der Waals surface area contributed by atoms with Gasteiger partial charge in [0.15, 0.2) is 6.29 Å². The largest absolute Gasteiger partial charge is 0.489 e. The summed E-state index contributed by atoms with van der Waals surface area (Å²) in [6.45, 7) is 6.51. The summed E-state index contributed by atoms with van der Waals surface area (Å²) in [7, 11) is 0. The zero-order valence-electron chi connectivity index (χ0n) is 14.9. The van der Waals surface area contributed by atoms with Gasteiger partial charge in [-0.2, -0.15) is 0 Å². The van der Waals surface area contributed by atoms with Gasteiger partial charge in [-0.15, -0.1) is 0 Å². The predicted molar refractivity (Wildman–Crippen MR) is 102 cm³/mol. The van der Waals surface area contributed by atoms with Crippen LogP contribution in [0.5, 0.6) is 5.75 Å². The number of hydrogen-bond acceptors (Lipinski definition) is 2. The molecule has 0 spiro atoms. The monoisotopic (exact) mass is 330 g/mol. The molecule has 25 heavy (non-hydrogen) atoms. The van der Waals surface area contributed by atoms with Crippen molar-refractivity contribution in [2.24, 2.45) is 0 Å². The Kier molecular flexibility index (Phi) is 4.99. The Morgan fingerprint density at radius 2 is 1.56 bits per heavy atom. The third kappa shape index (κ3) is 3.63. The second kappa shape index (κ2) is 7.35. The summed E-state index contributed by atoms with van der Waals surface area (Å²) in [6.07, 6.45) is 0.905. The highest BCUT2D eigenvalue weighted by molar-refractivity contribution is 5.80. The highest BCUT2D eigenvalue weighted by Crippen LogP contribution is 2.27. The van der Waals surface area contributed by atoms with Crippen LogP contribution in [0.2, 0.25) is 0 Å². The molecular weight excluding hydrogens is 308 g/mol. The number of rotatable bonds is 5. The molecule has 0 bridgehead atoms. The van der Waals surface area contributed by atoms with Crippen molar-refractivity contribution in [1.82, 2.24) is 0 Å². The van der Waals surface area contributed by atoms with Gasteiger partial charge in [-0.3, -0.25) is 4.79 Å². The Morgan fingerprint density at radius 1 is 0.880 bits per heavy atom. The lowest BCUT2D eigenvalue weighted by molar-refractivity contribution is 0.112. The van der Waals surface area contributed by atoms with Gasteiger partial charge < -0.3 is 4.74 Å². The number of aryl methyl sites for hydroxylation is 2. The summed E-state index contributed by atoms with van der Waals surface area (Å²) < 4.78 is 6.01. The van der Waals surface area contributed by atoms with Crippen LogP contribution in [-0.4, -0.2) is 6.29 Å². The standard InChI is InChI=1S/C23H22O2/c1-16-12-21(13-17(2)23(16)14-24)25-15-20-10-7-11-22(18(20)3)19-8-5-4-6-9-19/h4-14H,15H2,1-3H3. The van der Waals surface area contributed by atoms with Gasteiger partial charge in [-0.25, -0.2) is 0 Å². The molecule has 126 valence electrons. The van der Waals surface area contributed by atoms with E-state index in [1.54, 1.807) is 0 Å². The van der Waals surface area contributed by atoms with Gasteiger partial charge in [-0.05, 0) is 66.3 Å². The number of benzene rings is 3. The van der Waals surface area contributed by atoms with E-state index in [9.17, 15) is 4.79 Å². The normalized spacial score (nSPS) is 10.5. The van der Waals surface area contributed by atoms with Crippen LogP contribution in [0.4, 0.5) is 0 Å². The minimum atomic E-state index is 0.506. The molecule has 0 unspecified atom stereocenters. The molecule has 0 saturated heterocycles. The van der Waals surface area contributed by atoms with E-state index < -0.39 is 0 Å². The Balaban J connectivity index is 1.84. The van der Waals surface area contributed by atoms with Crippen molar-refractivity contribution in [3.05, 3.63) is 88.5 Å². The molecule has 0 saturated carbocycles. The van der Waals surface area contributed by atoms with Gasteiger partial charge in [0.25, 0.3) is 0 Å². The van der Waals surface area contributed by atoms with E-state index in [4.69, 9.17) is 4.74 Å². The molecule has 0 aliphatic carbocycles. The van der Waals surface area contributed by atoms with Gasteiger partial charge in [0.2, 0.25) is 0 Å². The molecule has 0 aliphatic heterocycles. The smallest absolute Gasteiger partial charge is 0.150 e. The molecular formula is C23H22O2. The maximum absolute atomic E-state index is 11.1. The quantitative estimate of drug-likeness (QED) is 0.563. The van der Waals surface area contributed by atoms with Crippen molar-refractivity contribution in [2.75, 3.05) is 0 Å². The van der Waals surface area contributed by atoms with E-state index in [0.29, 0.717) is 6.61 Å². The van der Waals surface area contributed by atoms with Crippen LogP contribution in [0.1, 0.15) is 32.6 Å². The van der Waals surface area contributed by atoms with E-state index in [1.807, 2.05) is 32.0 Å². The van der Waals surface area contributed by atoms with E-state index in [-0.39, 0.29) is 0 Å². The highest BCUT2D eigenvalue weighted by atomic mass is 16.5. The fourth-order valence-electron chi connectivity index (χ4n) is 3.14. The van der Waals surface area contributed by atoms with Crippen molar-refractivity contribution in [2.45, 2.75) is 27.4 Å². The number of carbonyl (C=O) groups is 1. The SMILES string of the molecule is Cc1cc(OCc2cccc(-c3ccccc3)c2C)cc(C)c1C=O. The third-order valence-corrected chi connectivity index (χ3v) is 4.61. The average molecular weight is 330 g/mol. The van der Waals surface area contributed by atoms with Crippen LogP contribution in [0.25, 0.3) is 11.1 Å². The molecule has 0 aliphatic rings. The van der Waals surface area contributed by atoms with Crippen LogP contribution < -0.4 is 4.74 Å². The molecule has 0 fully saturated rings. The van der Waals surface area contributed by atoms with Gasteiger partial charge in [0.1, 0.15) is 12.4 Å². The number of aldehydes is 1. The number of carbonyl (C=O) groups excluding carboxylic acids is 1. The predicted octanol–water partition coefficient (Wildman–Crippen LogP) is 5.67. The molecule has 0 N–H and O–H groups in total. The third-order valence-electron chi connectivity index (χ3n) is 4.61. The lowest BCUT2D eigenvalue weighted by Gasteiger charge is -2.14. The molecule has 0 heterocycles. The van der Waals surface area contributed by atoms with Gasteiger partial charge in [0, 0.05) is 5.56 Å². The summed E-state index contributed by atoms with van der Waals surface area (Å²) in [5, 5.41) is 0. The molecule has 0 amide bonds. The summed E-state index contributed by atoms with van der Waals surface area (Å²) in [5.74, 6) is 0.796. The lowest BCUT2D eigenvalue weighted by atomic mass is 9.97. The van der Waals surface area contributed by atoms with Gasteiger partial charge >= 0.3 is 0 Å². The summed E-state index contributed by atoms with van der Waals surface area (Å²) >= 11 is 0. The van der Waals surface area contributed by atoms with Crippen LogP contribution in [0.15, 0.2) is 60.7 Å². The second-order valence-electron chi connectivity index (χ2n) is 6.33. The molecule has 3 rings (SSSR count). The zero-order valence-corrected chi connectivity index (χ0v) is 14.9. The zero-order chi connectivity index (χ0) is 17.8. The molecule has 0 atom stereocenters. The van der Waals surface area contributed by atoms with Crippen LogP contribution >= 0.6 is 0 Å². The maximum atomic E-state index is 11.1. The number of ether oxygens (including phenoxy) is 1. The van der Waals surface area contributed by atoms with Gasteiger partial charge in [-0.1, -0.05) is 48.5 Å². The molecule has 2 nitrogen and oxygen atoms in total.